The van der Waals surface area contributed by atoms with E-state index in [1.165, 1.54) is 4.90 Å². The lowest BCUT2D eigenvalue weighted by molar-refractivity contribution is -0.121. The van der Waals surface area contributed by atoms with Gasteiger partial charge >= 0.3 is 0 Å². The first kappa shape index (κ1) is 22.9. The summed E-state index contributed by atoms with van der Waals surface area (Å²) in [5, 5.41) is 2.95. The third kappa shape index (κ3) is 4.89. The summed E-state index contributed by atoms with van der Waals surface area (Å²) in [5.41, 5.74) is 1.66. The Hall–Kier alpha value is -3.29. The second-order valence-electron chi connectivity index (χ2n) is 8.68. The van der Waals surface area contributed by atoms with Gasteiger partial charge in [-0.3, -0.25) is 14.4 Å². The van der Waals surface area contributed by atoms with E-state index in [1.807, 2.05) is 24.0 Å². The van der Waals surface area contributed by atoms with Crippen LogP contribution in [0, 0.1) is 24.5 Å². The minimum absolute atomic E-state index is 0.0757. The summed E-state index contributed by atoms with van der Waals surface area (Å²) >= 11 is 0. The smallest absolute Gasteiger partial charge is 0.256 e. The molecule has 2 fully saturated rings. The van der Waals surface area contributed by atoms with Crippen molar-refractivity contribution in [3.63, 3.8) is 0 Å². The molecular formula is C25H27F2N3O3. The average molecular weight is 456 g/mol. The molecule has 2 aromatic rings. The maximum absolute atomic E-state index is 14.0. The highest BCUT2D eigenvalue weighted by atomic mass is 19.1. The molecule has 2 saturated heterocycles. The van der Waals surface area contributed by atoms with E-state index in [2.05, 4.69) is 5.32 Å². The molecule has 0 bridgehead atoms. The van der Waals surface area contributed by atoms with Crippen LogP contribution in [0.3, 0.4) is 0 Å². The number of hydrogen-bond acceptors (Lipinski definition) is 3. The normalized spacial score (nSPS) is 16.7. The summed E-state index contributed by atoms with van der Waals surface area (Å²) in [5.74, 6) is -2.74. The zero-order valence-corrected chi connectivity index (χ0v) is 18.6. The highest BCUT2D eigenvalue weighted by Crippen LogP contribution is 2.27. The first-order valence-electron chi connectivity index (χ1n) is 11.3. The van der Waals surface area contributed by atoms with Gasteiger partial charge in [0.15, 0.2) is 0 Å². The number of benzene rings is 2. The summed E-state index contributed by atoms with van der Waals surface area (Å²) in [4.78, 5) is 41.9. The van der Waals surface area contributed by atoms with Gasteiger partial charge in [-0.1, -0.05) is 12.1 Å². The minimum Gasteiger partial charge on any atom is -0.339 e. The van der Waals surface area contributed by atoms with Crippen molar-refractivity contribution in [3.8, 4) is 0 Å². The fraction of sp³-hybridized carbons (Fsp3) is 0.400. The van der Waals surface area contributed by atoms with Gasteiger partial charge in [-0.05, 0) is 56.4 Å². The molecule has 2 heterocycles. The van der Waals surface area contributed by atoms with E-state index in [1.54, 1.807) is 6.07 Å². The first-order valence-corrected chi connectivity index (χ1v) is 11.3. The lowest BCUT2D eigenvalue weighted by Gasteiger charge is -2.31. The van der Waals surface area contributed by atoms with Gasteiger partial charge in [-0.2, -0.15) is 0 Å². The standard InChI is InChI=1S/C25H27F2N3O3/c1-16-5-4-6-20(25(33)29-11-2-3-12-29)22(16)28-23(31)17-9-13-30(14-10-17)24(32)19-8-7-18(26)15-21(19)27/h4-8,15,17H,2-3,9-14H2,1H3,(H,28,31). The Balaban J connectivity index is 1.41. The van der Waals surface area contributed by atoms with Crippen LogP contribution in [0.2, 0.25) is 0 Å². The van der Waals surface area contributed by atoms with Crippen molar-refractivity contribution in [2.75, 3.05) is 31.5 Å². The molecule has 2 aliphatic heterocycles. The number of halogens is 2. The number of piperidine rings is 1. The number of amides is 3. The fourth-order valence-corrected chi connectivity index (χ4v) is 4.51. The summed E-state index contributed by atoms with van der Waals surface area (Å²) in [7, 11) is 0. The number of carbonyl (C=O) groups is 3. The van der Waals surface area contributed by atoms with Gasteiger partial charge in [-0.15, -0.1) is 0 Å². The Morgan fingerprint density at radius 2 is 1.52 bits per heavy atom. The molecule has 0 aromatic heterocycles. The van der Waals surface area contributed by atoms with Crippen LogP contribution in [0.4, 0.5) is 14.5 Å². The molecule has 33 heavy (non-hydrogen) atoms. The van der Waals surface area contributed by atoms with Crippen LogP contribution in [0.25, 0.3) is 0 Å². The number of nitrogens with one attached hydrogen (secondary N) is 1. The number of aryl methyl sites for hydroxylation is 1. The van der Waals surface area contributed by atoms with Gasteiger partial charge in [0.25, 0.3) is 11.8 Å². The van der Waals surface area contributed by atoms with E-state index in [0.29, 0.717) is 43.2 Å². The number of para-hydroxylation sites is 1. The molecule has 0 spiro atoms. The van der Waals surface area contributed by atoms with Crippen LogP contribution in [-0.4, -0.2) is 53.7 Å². The van der Waals surface area contributed by atoms with Crippen LogP contribution in [0.15, 0.2) is 36.4 Å². The van der Waals surface area contributed by atoms with Crippen molar-refractivity contribution in [3.05, 3.63) is 64.7 Å². The predicted molar refractivity (Wildman–Crippen MR) is 120 cm³/mol. The number of rotatable bonds is 4. The fourth-order valence-electron chi connectivity index (χ4n) is 4.51. The maximum Gasteiger partial charge on any atom is 0.256 e. The summed E-state index contributed by atoms with van der Waals surface area (Å²) < 4.78 is 27.1. The molecule has 0 radical (unpaired) electrons. The summed E-state index contributed by atoms with van der Waals surface area (Å²) in [6, 6.07) is 8.29. The highest BCUT2D eigenvalue weighted by Gasteiger charge is 2.30. The molecule has 1 N–H and O–H groups in total. The third-order valence-electron chi connectivity index (χ3n) is 6.46. The molecule has 4 rings (SSSR count). The van der Waals surface area contributed by atoms with Crippen LogP contribution < -0.4 is 5.32 Å². The van der Waals surface area contributed by atoms with Crippen LogP contribution >= 0.6 is 0 Å². The van der Waals surface area contributed by atoms with Crippen LogP contribution in [0.1, 0.15) is 52.0 Å². The van der Waals surface area contributed by atoms with E-state index < -0.39 is 17.5 Å². The van der Waals surface area contributed by atoms with Crippen molar-refractivity contribution < 1.29 is 23.2 Å². The van der Waals surface area contributed by atoms with Crippen molar-refractivity contribution >= 4 is 23.4 Å². The quantitative estimate of drug-likeness (QED) is 0.758. The Labute approximate surface area is 191 Å². The summed E-state index contributed by atoms with van der Waals surface area (Å²) in [6.45, 7) is 3.89. The van der Waals surface area contributed by atoms with Crippen molar-refractivity contribution in [1.29, 1.82) is 0 Å². The largest absolute Gasteiger partial charge is 0.339 e. The molecule has 0 unspecified atom stereocenters. The number of likely N-dealkylation sites (tertiary alicyclic amines) is 2. The van der Waals surface area contributed by atoms with E-state index in [4.69, 9.17) is 0 Å². The van der Waals surface area contributed by atoms with E-state index in [0.717, 1.165) is 43.6 Å². The third-order valence-corrected chi connectivity index (χ3v) is 6.46. The van der Waals surface area contributed by atoms with Crippen molar-refractivity contribution in [2.24, 2.45) is 5.92 Å². The van der Waals surface area contributed by atoms with E-state index >= 15 is 0 Å². The maximum atomic E-state index is 14.0. The van der Waals surface area contributed by atoms with Gasteiger partial charge in [-0.25, -0.2) is 8.78 Å². The van der Waals surface area contributed by atoms with Gasteiger partial charge in [0.05, 0.1) is 16.8 Å². The Morgan fingerprint density at radius 3 is 2.18 bits per heavy atom. The molecule has 0 saturated carbocycles. The molecule has 6 nitrogen and oxygen atoms in total. The monoisotopic (exact) mass is 455 g/mol. The highest BCUT2D eigenvalue weighted by molar-refractivity contribution is 6.05. The molecule has 174 valence electrons. The van der Waals surface area contributed by atoms with Crippen molar-refractivity contribution in [2.45, 2.75) is 32.6 Å². The minimum atomic E-state index is -0.894. The lowest BCUT2D eigenvalue weighted by Crippen LogP contribution is -2.42. The number of carbonyl (C=O) groups excluding carboxylic acids is 3. The Bertz CT molecular complexity index is 1070. The first-order chi connectivity index (χ1) is 15.8. The van der Waals surface area contributed by atoms with Crippen molar-refractivity contribution in [1.82, 2.24) is 9.80 Å². The number of hydrogen-bond donors (Lipinski definition) is 1. The predicted octanol–water partition coefficient (Wildman–Crippen LogP) is 4.00. The van der Waals surface area contributed by atoms with Gasteiger partial charge in [0.2, 0.25) is 5.91 Å². The van der Waals surface area contributed by atoms with E-state index in [-0.39, 0.29) is 23.3 Å². The molecule has 0 atom stereocenters. The van der Waals surface area contributed by atoms with E-state index in [9.17, 15) is 23.2 Å². The Kier molecular flexibility index (Phi) is 6.72. The molecule has 0 aliphatic carbocycles. The van der Waals surface area contributed by atoms with Gasteiger partial charge in [0, 0.05) is 38.2 Å². The molecule has 3 amide bonds. The second-order valence-corrected chi connectivity index (χ2v) is 8.68. The zero-order valence-electron chi connectivity index (χ0n) is 18.6. The topological polar surface area (TPSA) is 69.7 Å². The van der Waals surface area contributed by atoms with Gasteiger partial charge in [0.1, 0.15) is 11.6 Å². The SMILES string of the molecule is Cc1cccc(C(=O)N2CCCC2)c1NC(=O)C1CCN(C(=O)c2ccc(F)cc2F)CC1. The van der Waals surface area contributed by atoms with Crippen LogP contribution in [0.5, 0.6) is 0 Å². The summed E-state index contributed by atoms with van der Waals surface area (Å²) in [6.07, 6.45) is 2.81. The van der Waals surface area contributed by atoms with Gasteiger partial charge < -0.3 is 15.1 Å². The molecular weight excluding hydrogens is 428 g/mol. The molecule has 2 aromatic carbocycles. The zero-order chi connectivity index (χ0) is 23.5. The molecule has 8 heteroatoms. The molecule has 2 aliphatic rings. The van der Waals surface area contributed by atoms with Crippen LogP contribution in [-0.2, 0) is 4.79 Å². The number of anilines is 1. The lowest BCUT2D eigenvalue weighted by atomic mass is 9.94. The average Bonchev–Trinajstić information content (AvgIpc) is 3.34. The second kappa shape index (κ2) is 9.68. The Morgan fingerprint density at radius 1 is 0.879 bits per heavy atom. The number of nitrogens with zero attached hydrogens (tertiary/aromatic N) is 2.